The summed E-state index contributed by atoms with van der Waals surface area (Å²) in [6.07, 6.45) is 1.70. The Kier molecular flexibility index (Phi) is 8.60. The number of amides is 2. The summed E-state index contributed by atoms with van der Waals surface area (Å²) in [5, 5.41) is 6.38. The molecule has 3 aromatic rings. The molecule has 0 bridgehead atoms. The maximum atomic E-state index is 13.1. The lowest BCUT2D eigenvalue weighted by Crippen LogP contribution is -2.34. The largest absolute Gasteiger partial charge is 0.380 e. The Morgan fingerprint density at radius 3 is 2.50 bits per heavy atom. The number of para-hydroxylation sites is 1. The second kappa shape index (κ2) is 12.1. The van der Waals surface area contributed by atoms with Crippen molar-refractivity contribution >= 4 is 40.4 Å². The molecule has 4 rings (SSSR count). The predicted molar refractivity (Wildman–Crippen MR) is 152 cm³/mol. The summed E-state index contributed by atoms with van der Waals surface area (Å²) < 4.78 is 5.42. The fourth-order valence-corrected chi connectivity index (χ4v) is 4.64. The van der Waals surface area contributed by atoms with Gasteiger partial charge in [-0.3, -0.25) is 9.59 Å². The first-order valence-corrected chi connectivity index (χ1v) is 12.9. The van der Waals surface area contributed by atoms with Crippen LogP contribution in [0, 0.1) is 0 Å². The third-order valence-electron chi connectivity index (χ3n) is 6.92. The van der Waals surface area contributed by atoms with E-state index in [0.717, 1.165) is 42.3 Å². The summed E-state index contributed by atoms with van der Waals surface area (Å²) in [5.74, 6) is 0.420. The van der Waals surface area contributed by atoms with Crippen molar-refractivity contribution in [2.24, 2.45) is 0 Å². The van der Waals surface area contributed by atoms with Crippen molar-refractivity contribution in [2.45, 2.75) is 20.5 Å². The van der Waals surface area contributed by atoms with Gasteiger partial charge in [0.15, 0.2) is 0 Å². The second-order valence-electron chi connectivity index (χ2n) is 9.21. The van der Waals surface area contributed by atoms with Gasteiger partial charge in [0.05, 0.1) is 35.4 Å². The highest BCUT2D eigenvalue weighted by molar-refractivity contribution is 6.13. The second-order valence-corrected chi connectivity index (χ2v) is 9.21. The van der Waals surface area contributed by atoms with Crippen molar-refractivity contribution in [2.75, 3.05) is 62.5 Å². The van der Waals surface area contributed by atoms with E-state index < -0.39 is 0 Å². The molecular weight excluding hydrogens is 480 g/mol. The molecule has 2 aromatic carbocycles. The Labute approximate surface area is 224 Å². The van der Waals surface area contributed by atoms with Gasteiger partial charge in [-0.25, -0.2) is 4.98 Å². The Balaban J connectivity index is 1.57. The minimum atomic E-state index is -0.114. The predicted octanol–water partition coefficient (Wildman–Crippen LogP) is 4.40. The minimum Gasteiger partial charge on any atom is -0.380 e. The molecule has 9 heteroatoms. The van der Waals surface area contributed by atoms with Gasteiger partial charge in [-0.2, -0.15) is 0 Å². The monoisotopic (exact) mass is 516 g/mol. The average Bonchev–Trinajstić information content (AvgIpc) is 3.01. The van der Waals surface area contributed by atoms with Crippen LogP contribution in [0.25, 0.3) is 0 Å². The highest BCUT2D eigenvalue weighted by Crippen LogP contribution is 2.40. The number of nitrogens with zero attached hydrogens (tertiary/aromatic N) is 4. The molecule has 1 aromatic heterocycles. The molecule has 0 spiro atoms. The van der Waals surface area contributed by atoms with E-state index in [1.54, 1.807) is 31.3 Å². The number of hydrogen-bond acceptors (Lipinski definition) is 7. The van der Waals surface area contributed by atoms with Crippen LogP contribution in [0.4, 0.5) is 28.6 Å². The van der Waals surface area contributed by atoms with Gasteiger partial charge in [-0.1, -0.05) is 26.0 Å². The first-order valence-electron chi connectivity index (χ1n) is 12.9. The van der Waals surface area contributed by atoms with Crippen LogP contribution in [0.5, 0.6) is 0 Å². The molecule has 1 aliphatic heterocycles. The quantitative estimate of drug-likeness (QED) is 0.413. The van der Waals surface area contributed by atoms with Crippen molar-refractivity contribution < 1.29 is 14.3 Å². The van der Waals surface area contributed by atoms with Gasteiger partial charge in [0, 0.05) is 57.2 Å². The molecule has 0 saturated heterocycles. The highest BCUT2D eigenvalue weighted by atomic mass is 16.5. The van der Waals surface area contributed by atoms with E-state index in [0.29, 0.717) is 35.8 Å². The molecule has 0 fully saturated rings. The lowest BCUT2D eigenvalue weighted by molar-refractivity contribution is 0.0947. The lowest BCUT2D eigenvalue weighted by Gasteiger charge is -2.23. The number of hydrogen-bond donors (Lipinski definition) is 2. The van der Waals surface area contributed by atoms with Crippen molar-refractivity contribution in [3.8, 4) is 0 Å². The standard InChI is InChI=1S/C29H36N6O3/c1-6-35(7-2)15-14-30-28(36)20-12-13-23(21(16-20)19-38-5)32-27-17-25-26(18-31-27)34(4)29(37)22-10-8-9-11-24(22)33(25)3/h8-13,16-18H,6-7,14-15,19H2,1-5H3,(H,30,36)(H,31,32). The molecular formula is C29H36N6O3. The van der Waals surface area contributed by atoms with Crippen molar-refractivity contribution in [3.63, 3.8) is 0 Å². The summed E-state index contributed by atoms with van der Waals surface area (Å²) in [6, 6.07) is 15.0. The number of aromatic nitrogens is 1. The third kappa shape index (κ3) is 5.64. The number of anilines is 5. The molecule has 1 aliphatic rings. The molecule has 0 unspecified atom stereocenters. The number of likely N-dealkylation sites (N-methyl/N-ethyl adjacent to an activating group) is 1. The van der Waals surface area contributed by atoms with Gasteiger partial charge < -0.3 is 30.1 Å². The molecule has 2 heterocycles. The van der Waals surface area contributed by atoms with Crippen molar-refractivity contribution in [1.82, 2.24) is 15.2 Å². The van der Waals surface area contributed by atoms with Crippen LogP contribution in [-0.4, -0.2) is 69.1 Å². The Morgan fingerprint density at radius 1 is 1.00 bits per heavy atom. The molecule has 0 atom stereocenters. The van der Waals surface area contributed by atoms with E-state index in [1.807, 2.05) is 54.4 Å². The van der Waals surface area contributed by atoms with E-state index >= 15 is 0 Å². The maximum Gasteiger partial charge on any atom is 0.260 e. The average molecular weight is 517 g/mol. The van der Waals surface area contributed by atoms with Crippen LogP contribution in [0.3, 0.4) is 0 Å². The fourth-order valence-electron chi connectivity index (χ4n) is 4.64. The lowest BCUT2D eigenvalue weighted by atomic mass is 10.1. The number of pyridine rings is 1. The SMILES string of the molecule is CCN(CC)CCNC(=O)c1ccc(Nc2cc3c(cn2)N(C)C(=O)c2ccccc2N3C)c(COC)c1. The minimum absolute atomic E-state index is 0.0814. The zero-order chi connectivity index (χ0) is 27.2. The molecule has 200 valence electrons. The van der Waals surface area contributed by atoms with Crippen LogP contribution in [0.1, 0.15) is 40.1 Å². The number of ether oxygens (including phenoxy) is 1. The number of fused-ring (bicyclic) bond motifs is 2. The molecule has 0 saturated carbocycles. The van der Waals surface area contributed by atoms with Gasteiger partial charge in [0.1, 0.15) is 5.82 Å². The topological polar surface area (TPSA) is 90.0 Å². The zero-order valence-electron chi connectivity index (χ0n) is 22.7. The summed E-state index contributed by atoms with van der Waals surface area (Å²) in [4.78, 5) is 36.3. The van der Waals surface area contributed by atoms with Crippen molar-refractivity contribution in [3.05, 3.63) is 71.4 Å². The highest BCUT2D eigenvalue weighted by Gasteiger charge is 2.27. The first kappa shape index (κ1) is 27.1. The Hall–Kier alpha value is -3.95. The van der Waals surface area contributed by atoms with Gasteiger partial charge in [0.25, 0.3) is 11.8 Å². The molecule has 0 aliphatic carbocycles. The van der Waals surface area contributed by atoms with Crippen LogP contribution >= 0.6 is 0 Å². The molecule has 2 amide bonds. The van der Waals surface area contributed by atoms with E-state index in [4.69, 9.17) is 4.74 Å². The third-order valence-corrected chi connectivity index (χ3v) is 6.92. The summed E-state index contributed by atoms with van der Waals surface area (Å²) in [5.41, 5.74) is 5.24. The molecule has 9 nitrogen and oxygen atoms in total. The number of methoxy groups -OCH3 is 1. The Bertz CT molecular complexity index is 1310. The van der Waals surface area contributed by atoms with Gasteiger partial charge in [0.2, 0.25) is 0 Å². The normalized spacial score (nSPS) is 12.7. The van der Waals surface area contributed by atoms with Gasteiger partial charge in [-0.15, -0.1) is 0 Å². The van der Waals surface area contributed by atoms with Crippen LogP contribution in [0.15, 0.2) is 54.7 Å². The van der Waals surface area contributed by atoms with E-state index in [2.05, 4.69) is 34.4 Å². The number of benzene rings is 2. The number of carbonyl (C=O) groups is 2. The first-order chi connectivity index (χ1) is 18.4. The van der Waals surface area contributed by atoms with Gasteiger partial charge in [-0.05, 0) is 43.4 Å². The summed E-state index contributed by atoms with van der Waals surface area (Å²) in [6.45, 7) is 7.87. The summed E-state index contributed by atoms with van der Waals surface area (Å²) >= 11 is 0. The van der Waals surface area contributed by atoms with Crippen LogP contribution in [-0.2, 0) is 11.3 Å². The van der Waals surface area contributed by atoms with Crippen LogP contribution < -0.4 is 20.4 Å². The number of carbonyl (C=O) groups excluding carboxylic acids is 2. The van der Waals surface area contributed by atoms with E-state index in [1.165, 1.54) is 0 Å². The van der Waals surface area contributed by atoms with Gasteiger partial charge >= 0.3 is 0 Å². The zero-order valence-corrected chi connectivity index (χ0v) is 22.7. The number of nitrogens with one attached hydrogen (secondary N) is 2. The molecule has 38 heavy (non-hydrogen) atoms. The van der Waals surface area contributed by atoms with Crippen LogP contribution in [0.2, 0.25) is 0 Å². The van der Waals surface area contributed by atoms with E-state index in [9.17, 15) is 9.59 Å². The van der Waals surface area contributed by atoms with E-state index in [-0.39, 0.29) is 11.8 Å². The smallest absolute Gasteiger partial charge is 0.260 e. The Morgan fingerprint density at radius 2 is 1.76 bits per heavy atom. The molecule has 2 N–H and O–H groups in total. The molecule has 0 radical (unpaired) electrons. The van der Waals surface area contributed by atoms with Crippen molar-refractivity contribution in [1.29, 1.82) is 0 Å². The fraction of sp³-hybridized carbons (Fsp3) is 0.345. The number of rotatable bonds is 10. The maximum absolute atomic E-state index is 13.1. The summed E-state index contributed by atoms with van der Waals surface area (Å²) in [7, 11) is 5.33.